The molecule has 0 atom stereocenters. The lowest BCUT2D eigenvalue weighted by atomic mass is 9.97. The maximum atomic E-state index is 13.2. The maximum Gasteiger partial charge on any atom is 0.253 e. The summed E-state index contributed by atoms with van der Waals surface area (Å²) in [5.41, 5.74) is 3.12. The van der Waals surface area contributed by atoms with Gasteiger partial charge in [0.25, 0.3) is 5.91 Å². The van der Waals surface area contributed by atoms with Gasteiger partial charge in [0.05, 0.1) is 5.56 Å². The SMILES string of the molecule is CCN(CC)CCNC(=O)c1cc(NC(=O)C=Cc2ccccc2)ccc1N1CCC(C)CC1. The summed E-state index contributed by atoms with van der Waals surface area (Å²) < 4.78 is 0. The summed E-state index contributed by atoms with van der Waals surface area (Å²) in [6.45, 7) is 11.7. The molecule has 1 aliphatic rings. The van der Waals surface area contributed by atoms with Gasteiger partial charge in [-0.3, -0.25) is 9.59 Å². The van der Waals surface area contributed by atoms with Crippen molar-refractivity contribution in [3.63, 3.8) is 0 Å². The average Bonchev–Trinajstić information content (AvgIpc) is 2.86. The van der Waals surface area contributed by atoms with Gasteiger partial charge >= 0.3 is 0 Å². The molecule has 182 valence electrons. The van der Waals surface area contributed by atoms with Crippen LogP contribution in [0.15, 0.2) is 54.6 Å². The third-order valence-electron chi connectivity index (χ3n) is 6.47. The molecule has 0 aliphatic carbocycles. The van der Waals surface area contributed by atoms with E-state index >= 15 is 0 Å². The van der Waals surface area contributed by atoms with Crippen molar-refractivity contribution in [1.82, 2.24) is 10.2 Å². The monoisotopic (exact) mass is 462 g/mol. The number of amides is 2. The van der Waals surface area contributed by atoms with Crippen LogP contribution in [0.4, 0.5) is 11.4 Å². The minimum Gasteiger partial charge on any atom is -0.371 e. The van der Waals surface area contributed by atoms with Crippen molar-refractivity contribution in [2.24, 2.45) is 5.92 Å². The van der Waals surface area contributed by atoms with Gasteiger partial charge in [-0.2, -0.15) is 0 Å². The number of carbonyl (C=O) groups excluding carboxylic acids is 2. The second kappa shape index (κ2) is 12.9. The standard InChI is InChI=1S/C28H38N4O2/c1-4-31(5-2)20-17-29-28(34)25-21-24(12-13-26(25)32-18-15-22(3)16-19-32)30-27(33)14-11-23-9-7-6-8-10-23/h6-14,21-22H,4-5,15-20H2,1-3H3,(H,29,34)(H,30,33). The topological polar surface area (TPSA) is 64.7 Å². The first-order valence-corrected chi connectivity index (χ1v) is 12.4. The molecule has 0 spiro atoms. The minimum absolute atomic E-state index is 0.100. The van der Waals surface area contributed by atoms with Gasteiger partial charge < -0.3 is 20.4 Å². The second-order valence-electron chi connectivity index (χ2n) is 8.92. The molecule has 1 saturated heterocycles. The molecule has 34 heavy (non-hydrogen) atoms. The average molecular weight is 463 g/mol. The quantitative estimate of drug-likeness (QED) is 0.505. The van der Waals surface area contributed by atoms with Gasteiger partial charge in [-0.25, -0.2) is 0 Å². The van der Waals surface area contributed by atoms with Crippen LogP contribution in [-0.4, -0.2) is 56.0 Å². The van der Waals surface area contributed by atoms with E-state index in [1.54, 1.807) is 12.1 Å². The Bertz CT molecular complexity index is 962. The lowest BCUT2D eigenvalue weighted by molar-refractivity contribution is -0.111. The van der Waals surface area contributed by atoms with Gasteiger partial charge in [-0.1, -0.05) is 51.1 Å². The van der Waals surface area contributed by atoms with Gasteiger partial charge in [-0.05, 0) is 61.7 Å². The Balaban J connectivity index is 1.74. The third-order valence-corrected chi connectivity index (χ3v) is 6.47. The van der Waals surface area contributed by atoms with Crippen molar-refractivity contribution in [2.45, 2.75) is 33.6 Å². The number of likely N-dealkylation sites (N-methyl/N-ethyl adjacent to an activating group) is 1. The Kier molecular flexibility index (Phi) is 9.71. The highest BCUT2D eigenvalue weighted by Crippen LogP contribution is 2.28. The van der Waals surface area contributed by atoms with Crippen molar-refractivity contribution in [3.8, 4) is 0 Å². The molecule has 3 rings (SSSR count). The summed E-state index contributed by atoms with van der Waals surface area (Å²) in [5.74, 6) is 0.380. The predicted molar refractivity (Wildman–Crippen MR) is 141 cm³/mol. The van der Waals surface area contributed by atoms with Crippen molar-refractivity contribution in [2.75, 3.05) is 49.5 Å². The van der Waals surface area contributed by atoms with E-state index in [0.717, 1.165) is 56.8 Å². The summed E-state index contributed by atoms with van der Waals surface area (Å²) in [6, 6.07) is 15.3. The zero-order chi connectivity index (χ0) is 24.3. The van der Waals surface area contributed by atoms with Crippen LogP contribution in [0.25, 0.3) is 6.08 Å². The van der Waals surface area contributed by atoms with E-state index in [1.807, 2.05) is 42.5 Å². The zero-order valence-electron chi connectivity index (χ0n) is 20.7. The van der Waals surface area contributed by atoms with Gasteiger partial charge in [0, 0.05) is 43.6 Å². The van der Waals surface area contributed by atoms with Crippen molar-refractivity contribution >= 4 is 29.3 Å². The molecule has 1 aliphatic heterocycles. The van der Waals surface area contributed by atoms with Gasteiger partial charge in [-0.15, -0.1) is 0 Å². The van der Waals surface area contributed by atoms with Crippen LogP contribution in [0.2, 0.25) is 0 Å². The summed E-state index contributed by atoms with van der Waals surface area (Å²) in [6.07, 6.45) is 5.52. The minimum atomic E-state index is -0.226. The fourth-order valence-electron chi connectivity index (χ4n) is 4.20. The van der Waals surface area contributed by atoms with Gasteiger partial charge in [0.1, 0.15) is 0 Å². The second-order valence-corrected chi connectivity index (χ2v) is 8.92. The fraction of sp³-hybridized carbons (Fsp3) is 0.429. The van der Waals surface area contributed by atoms with Crippen LogP contribution in [-0.2, 0) is 4.79 Å². The number of hydrogen-bond donors (Lipinski definition) is 2. The molecule has 6 heteroatoms. The number of benzene rings is 2. The van der Waals surface area contributed by atoms with E-state index < -0.39 is 0 Å². The fourth-order valence-corrected chi connectivity index (χ4v) is 4.20. The zero-order valence-corrected chi connectivity index (χ0v) is 20.7. The van der Waals surface area contributed by atoms with Crippen molar-refractivity contribution in [1.29, 1.82) is 0 Å². The molecule has 2 aromatic rings. The molecular formula is C28H38N4O2. The Hall–Kier alpha value is -3.12. The molecule has 1 fully saturated rings. The third kappa shape index (κ3) is 7.45. The number of nitrogens with one attached hydrogen (secondary N) is 2. The van der Waals surface area contributed by atoms with Gasteiger partial charge in [0.15, 0.2) is 0 Å². The Labute approximate surface area is 204 Å². The summed E-state index contributed by atoms with van der Waals surface area (Å²) in [4.78, 5) is 30.3. The number of carbonyl (C=O) groups is 2. The van der Waals surface area contributed by atoms with E-state index in [-0.39, 0.29) is 11.8 Å². The highest BCUT2D eigenvalue weighted by Gasteiger charge is 2.22. The highest BCUT2D eigenvalue weighted by atomic mass is 16.2. The molecule has 2 aromatic carbocycles. The van der Waals surface area contributed by atoms with Crippen LogP contribution in [0.5, 0.6) is 0 Å². The molecule has 0 radical (unpaired) electrons. The van der Waals surface area contributed by atoms with Crippen LogP contribution in [0.3, 0.4) is 0 Å². The maximum absolute atomic E-state index is 13.2. The molecule has 0 saturated carbocycles. The molecule has 0 aromatic heterocycles. The smallest absolute Gasteiger partial charge is 0.253 e. The molecule has 2 N–H and O–H groups in total. The van der Waals surface area contributed by atoms with E-state index in [2.05, 4.69) is 41.2 Å². The van der Waals surface area contributed by atoms with Crippen LogP contribution in [0, 0.1) is 5.92 Å². The Morgan fingerprint density at radius 3 is 2.44 bits per heavy atom. The summed E-state index contributed by atoms with van der Waals surface area (Å²) in [7, 11) is 0. The first-order chi connectivity index (χ1) is 16.5. The van der Waals surface area contributed by atoms with Crippen LogP contribution < -0.4 is 15.5 Å². The van der Waals surface area contributed by atoms with Crippen molar-refractivity contribution in [3.05, 3.63) is 65.7 Å². The normalized spacial score (nSPS) is 14.5. The number of anilines is 2. The largest absolute Gasteiger partial charge is 0.371 e. The summed E-state index contributed by atoms with van der Waals surface area (Å²) >= 11 is 0. The number of rotatable bonds is 10. The van der Waals surface area contributed by atoms with Crippen molar-refractivity contribution < 1.29 is 9.59 Å². The Morgan fingerprint density at radius 2 is 1.76 bits per heavy atom. The molecule has 2 amide bonds. The molecule has 6 nitrogen and oxygen atoms in total. The predicted octanol–water partition coefficient (Wildman–Crippen LogP) is 4.65. The van der Waals surface area contributed by atoms with E-state index in [9.17, 15) is 9.59 Å². The lowest BCUT2D eigenvalue weighted by Gasteiger charge is -2.33. The molecule has 1 heterocycles. The highest BCUT2D eigenvalue weighted by molar-refractivity contribution is 6.05. The van der Waals surface area contributed by atoms with Crippen LogP contribution in [0.1, 0.15) is 49.5 Å². The van der Waals surface area contributed by atoms with E-state index in [4.69, 9.17) is 0 Å². The number of piperidine rings is 1. The van der Waals surface area contributed by atoms with E-state index in [1.165, 1.54) is 6.08 Å². The molecule has 0 unspecified atom stereocenters. The Morgan fingerprint density at radius 1 is 1.06 bits per heavy atom. The lowest BCUT2D eigenvalue weighted by Crippen LogP contribution is -2.37. The first kappa shape index (κ1) is 25.5. The van der Waals surface area contributed by atoms with Crippen LogP contribution >= 0.6 is 0 Å². The molecule has 0 bridgehead atoms. The first-order valence-electron chi connectivity index (χ1n) is 12.4. The number of nitrogens with zero attached hydrogens (tertiary/aromatic N) is 2. The number of hydrogen-bond acceptors (Lipinski definition) is 4. The van der Waals surface area contributed by atoms with E-state index in [0.29, 0.717) is 23.7 Å². The van der Waals surface area contributed by atoms with Gasteiger partial charge in [0.2, 0.25) is 5.91 Å². The molecular weight excluding hydrogens is 424 g/mol. The summed E-state index contributed by atoms with van der Waals surface area (Å²) in [5, 5.41) is 5.98.